The van der Waals surface area contributed by atoms with Gasteiger partial charge in [0.05, 0.1) is 13.7 Å². The lowest BCUT2D eigenvalue weighted by Gasteiger charge is -2.18. The lowest BCUT2D eigenvalue weighted by molar-refractivity contribution is 0.315. The second kappa shape index (κ2) is 8.31. The van der Waals surface area contributed by atoms with Crippen molar-refractivity contribution >= 4 is 0 Å². The van der Waals surface area contributed by atoms with Gasteiger partial charge in [0.25, 0.3) is 0 Å². The molecule has 0 aliphatic carbocycles. The van der Waals surface area contributed by atoms with Gasteiger partial charge in [-0.2, -0.15) is 5.10 Å². The van der Waals surface area contributed by atoms with Crippen LogP contribution in [0.3, 0.4) is 0 Å². The van der Waals surface area contributed by atoms with Crippen LogP contribution >= 0.6 is 0 Å². The minimum Gasteiger partial charge on any atom is -0.496 e. The van der Waals surface area contributed by atoms with Gasteiger partial charge >= 0.3 is 0 Å². The first-order chi connectivity index (χ1) is 13.3. The van der Waals surface area contributed by atoms with E-state index in [-0.39, 0.29) is 0 Å². The van der Waals surface area contributed by atoms with E-state index in [9.17, 15) is 0 Å². The first kappa shape index (κ1) is 17.7. The van der Waals surface area contributed by atoms with Crippen molar-refractivity contribution in [3.05, 3.63) is 72.1 Å². The summed E-state index contributed by atoms with van der Waals surface area (Å²) in [6.07, 6.45) is 7.48. The zero-order valence-electron chi connectivity index (χ0n) is 15.7. The van der Waals surface area contributed by atoms with Crippen molar-refractivity contribution in [3.63, 3.8) is 0 Å². The number of benzene rings is 1. The normalized spacial score (nSPS) is 17.3. The summed E-state index contributed by atoms with van der Waals surface area (Å²) in [6, 6.07) is 12.6. The quantitative estimate of drug-likeness (QED) is 0.646. The molecule has 1 aliphatic heterocycles. The maximum atomic E-state index is 5.52. The van der Waals surface area contributed by atoms with Gasteiger partial charge < -0.3 is 4.74 Å². The van der Waals surface area contributed by atoms with E-state index in [1.54, 1.807) is 19.8 Å². The fourth-order valence-electron chi connectivity index (χ4n) is 3.84. The highest BCUT2D eigenvalue weighted by atomic mass is 16.5. The van der Waals surface area contributed by atoms with Crippen molar-refractivity contribution in [1.29, 1.82) is 0 Å². The van der Waals surface area contributed by atoms with Crippen molar-refractivity contribution in [2.75, 3.05) is 20.2 Å². The first-order valence-electron chi connectivity index (χ1n) is 9.40. The predicted octanol–water partition coefficient (Wildman–Crippen LogP) is 2.79. The minimum absolute atomic E-state index is 0.666. The second-order valence-corrected chi connectivity index (χ2v) is 7.15. The summed E-state index contributed by atoms with van der Waals surface area (Å²) < 4.78 is 7.34. The largest absolute Gasteiger partial charge is 0.496 e. The number of aromatic nitrogens is 4. The summed E-state index contributed by atoms with van der Waals surface area (Å²) in [5.41, 5.74) is 3.64. The Balaban J connectivity index is 1.39. The third kappa shape index (κ3) is 4.52. The zero-order chi connectivity index (χ0) is 18.5. The molecule has 140 valence electrons. The molecule has 0 saturated carbocycles. The Hall–Kier alpha value is -2.73. The molecule has 1 saturated heterocycles. The smallest absolute Gasteiger partial charge is 0.137 e. The van der Waals surface area contributed by atoms with Gasteiger partial charge in [0.15, 0.2) is 0 Å². The standard InChI is InChI=1S/C21H25N5O/c1-27-21-6-5-17(10-19(21)14-26-16-22-15-24-26)12-25-9-7-18(13-25)11-20-4-2-3-8-23-20/h2-6,8,10,15-16,18H,7,9,11-14H2,1H3. The molecule has 4 rings (SSSR count). The van der Waals surface area contributed by atoms with Crippen LogP contribution in [0.15, 0.2) is 55.2 Å². The molecule has 0 spiro atoms. The van der Waals surface area contributed by atoms with E-state index in [4.69, 9.17) is 4.74 Å². The van der Waals surface area contributed by atoms with Crippen molar-refractivity contribution in [1.82, 2.24) is 24.6 Å². The third-order valence-electron chi connectivity index (χ3n) is 5.14. The topological polar surface area (TPSA) is 56.1 Å². The summed E-state index contributed by atoms with van der Waals surface area (Å²) in [4.78, 5) is 11.0. The maximum absolute atomic E-state index is 5.52. The van der Waals surface area contributed by atoms with Crippen LogP contribution in [-0.2, 0) is 19.5 Å². The monoisotopic (exact) mass is 363 g/mol. The van der Waals surface area contributed by atoms with E-state index in [2.05, 4.69) is 50.3 Å². The number of hydrogen-bond donors (Lipinski definition) is 0. The van der Waals surface area contributed by atoms with Crippen LogP contribution < -0.4 is 4.74 Å². The highest BCUT2D eigenvalue weighted by Gasteiger charge is 2.23. The summed E-state index contributed by atoms with van der Waals surface area (Å²) in [6.45, 7) is 3.90. The molecule has 2 aromatic heterocycles. The Kier molecular flexibility index (Phi) is 5.44. The second-order valence-electron chi connectivity index (χ2n) is 7.15. The van der Waals surface area contributed by atoms with Gasteiger partial charge in [-0.05, 0) is 55.1 Å². The molecule has 3 aromatic rings. The van der Waals surface area contributed by atoms with E-state index in [1.165, 1.54) is 17.7 Å². The van der Waals surface area contributed by atoms with Crippen LogP contribution in [0, 0.1) is 5.92 Å². The van der Waals surface area contributed by atoms with Gasteiger partial charge in [-0.15, -0.1) is 0 Å². The molecule has 0 amide bonds. The van der Waals surface area contributed by atoms with Crippen LogP contribution in [-0.4, -0.2) is 44.8 Å². The third-order valence-corrected chi connectivity index (χ3v) is 5.14. The highest BCUT2D eigenvalue weighted by Crippen LogP contribution is 2.25. The molecule has 3 heterocycles. The van der Waals surface area contributed by atoms with Crippen molar-refractivity contribution in [2.45, 2.75) is 25.9 Å². The number of methoxy groups -OCH3 is 1. The summed E-state index contributed by atoms with van der Waals surface area (Å²) in [5.74, 6) is 1.58. The molecule has 1 aromatic carbocycles. The van der Waals surface area contributed by atoms with E-state index in [0.717, 1.165) is 37.4 Å². The fraction of sp³-hybridized carbons (Fsp3) is 0.381. The van der Waals surface area contributed by atoms with E-state index >= 15 is 0 Å². The van der Waals surface area contributed by atoms with Gasteiger partial charge in [-0.1, -0.05) is 12.1 Å². The van der Waals surface area contributed by atoms with E-state index in [0.29, 0.717) is 12.5 Å². The summed E-state index contributed by atoms with van der Waals surface area (Å²) in [7, 11) is 1.71. The average Bonchev–Trinajstić information content (AvgIpc) is 3.35. The van der Waals surface area contributed by atoms with Crippen molar-refractivity contribution in [3.8, 4) is 5.75 Å². The molecule has 6 heteroatoms. The first-order valence-corrected chi connectivity index (χ1v) is 9.40. The zero-order valence-corrected chi connectivity index (χ0v) is 15.7. The van der Waals surface area contributed by atoms with Crippen LogP contribution in [0.25, 0.3) is 0 Å². The molecule has 1 atom stereocenters. The number of pyridine rings is 1. The maximum Gasteiger partial charge on any atom is 0.137 e. The molecule has 6 nitrogen and oxygen atoms in total. The summed E-state index contributed by atoms with van der Waals surface area (Å²) in [5, 5.41) is 4.20. The Morgan fingerprint density at radius 3 is 2.93 bits per heavy atom. The molecule has 27 heavy (non-hydrogen) atoms. The van der Waals surface area contributed by atoms with Gasteiger partial charge in [-0.3, -0.25) is 9.88 Å². The SMILES string of the molecule is COc1ccc(CN2CCC(Cc3ccccn3)C2)cc1Cn1cncn1. The highest BCUT2D eigenvalue weighted by molar-refractivity contribution is 5.37. The molecule has 0 bridgehead atoms. The lowest BCUT2D eigenvalue weighted by atomic mass is 10.0. The molecule has 1 aliphatic rings. The Morgan fingerprint density at radius 1 is 1.19 bits per heavy atom. The lowest BCUT2D eigenvalue weighted by Crippen LogP contribution is -2.21. The van der Waals surface area contributed by atoms with Crippen LogP contribution in [0.1, 0.15) is 23.2 Å². The Bertz CT molecular complexity index is 850. The molecular weight excluding hydrogens is 338 g/mol. The van der Waals surface area contributed by atoms with Gasteiger partial charge in [0.2, 0.25) is 0 Å². The van der Waals surface area contributed by atoms with Crippen LogP contribution in [0.4, 0.5) is 0 Å². The Labute approximate surface area is 159 Å². The molecule has 1 fully saturated rings. The minimum atomic E-state index is 0.666. The van der Waals surface area contributed by atoms with Gasteiger partial charge in [0.1, 0.15) is 18.4 Å². The molecule has 1 unspecified atom stereocenters. The molecule has 0 radical (unpaired) electrons. The van der Waals surface area contributed by atoms with Crippen molar-refractivity contribution < 1.29 is 4.74 Å². The summed E-state index contributed by atoms with van der Waals surface area (Å²) >= 11 is 0. The van der Waals surface area contributed by atoms with E-state index < -0.39 is 0 Å². The van der Waals surface area contributed by atoms with E-state index in [1.807, 2.05) is 16.9 Å². The number of likely N-dealkylation sites (tertiary alicyclic amines) is 1. The molecule has 0 N–H and O–H groups in total. The average molecular weight is 363 g/mol. The number of hydrogen-bond acceptors (Lipinski definition) is 5. The number of ether oxygens (including phenoxy) is 1. The van der Waals surface area contributed by atoms with Gasteiger partial charge in [-0.25, -0.2) is 9.67 Å². The van der Waals surface area contributed by atoms with Crippen LogP contribution in [0.5, 0.6) is 5.75 Å². The molecular formula is C21H25N5O. The van der Waals surface area contributed by atoms with Crippen molar-refractivity contribution in [2.24, 2.45) is 5.92 Å². The Morgan fingerprint density at radius 2 is 2.15 bits per heavy atom. The fourth-order valence-corrected chi connectivity index (χ4v) is 3.84. The van der Waals surface area contributed by atoms with Crippen LogP contribution in [0.2, 0.25) is 0 Å². The van der Waals surface area contributed by atoms with Gasteiger partial charge in [0, 0.05) is 30.5 Å². The number of rotatable bonds is 7. The number of nitrogens with zero attached hydrogens (tertiary/aromatic N) is 5. The predicted molar refractivity (Wildman–Crippen MR) is 103 cm³/mol.